The third-order valence-corrected chi connectivity index (χ3v) is 4.75. The Kier molecular flexibility index (Phi) is 6.58. The number of nitrogens with one attached hydrogen (secondary N) is 1. The Bertz CT molecular complexity index is 829. The van der Waals surface area contributed by atoms with Crippen molar-refractivity contribution in [2.45, 2.75) is 13.0 Å². The Hall–Kier alpha value is -2.15. The standard InChI is InChI=1S/C18H18ClN3O3.ClH/c1-12-10-13(6-7-16(12)22(24)25)18(23)21-9-8-20-11-17(21)14-4-2-3-5-15(14)19;/h2-7,10,17,20H,8-9,11H2,1H3;1H. The molecule has 138 valence electrons. The Balaban J connectivity index is 0.00000243. The lowest BCUT2D eigenvalue weighted by Crippen LogP contribution is -2.48. The molecule has 0 saturated carbocycles. The number of amides is 1. The summed E-state index contributed by atoms with van der Waals surface area (Å²) in [6.45, 7) is 3.49. The summed E-state index contributed by atoms with van der Waals surface area (Å²) in [7, 11) is 0. The molecule has 2 aromatic rings. The second kappa shape index (κ2) is 8.49. The molecule has 1 aliphatic heterocycles. The summed E-state index contributed by atoms with van der Waals surface area (Å²) in [4.78, 5) is 25.3. The quantitative estimate of drug-likeness (QED) is 0.633. The van der Waals surface area contributed by atoms with Crippen LogP contribution in [0, 0.1) is 17.0 Å². The van der Waals surface area contributed by atoms with Crippen LogP contribution in [0.5, 0.6) is 0 Å². The summed E-state index contributed by atoms with van der Waals surface area (Å²) in [6, 6.07) is 11.8. The smallest absolute Gasteiger partial charge is 0.272 e. The number of hydrogen-bond donors (Lipinski definition) is 1. The lowest BCUT2D eigenvalue weighted by molar-refractivity contribution is -0.385. The molecule has 1 heterocycles. The van der Waals surface area contributed by atoms with Crippen LogP contribution in [0.25, 0.3) is 0 Å². The van der Waals surface area contributed by atoms with Crippen molar-refractivity contribution < 1.29 is 9.72 Å². The summed E-state index contributed by atoms with van der Waals surface area (Å²) in [5.41, 5.74) is 1.82. The van der Waals surface area contributed by atoms with Crippen LogP contribution in [0.4, 0.5) is 5.69 Å². The zero-order valence-electron chi connectivity index (χ0n) is 14.1. The van der Waals surface area contributed by atoms with Crippen LogP contribution in [0.15, 0.2) is 42.5 Å². The van der Waals surface area contributed by atoms with Gasteiger partial charge in [-0.15, -0.1) is 12.4 Å². The van der Waals surface area contributed by atoms with Crippen LogP contribution in [0.2, 0.25) is 5.02 Å². The number of piperazine rings is 1. The maximum atomic E-state index is 13.0. The van der Waals surface area contributed by atoms with Gasteiger partial charge in [-0.1, -0.05) is 29.8 Å². The first-order chi connectivity index (χ1) is 12.0. The number of nitrogens with zero attached hydrogens (tertiary/aromatic N) is 2. The second-order valence-electron chi connectivity index (χ2n) is 6.00. The van der Waals surface area contributed by atoms with Crippen molar-refractivity contribution in [2.75, 3.05) is 19.6 Å². The minimum Gasteiger partial charge on any atom is -0.329 e. The summed E-state index contributed by atoms with van der Waals surface area (Å²) in [6.07, 6.45) is 0. The van der Waals surface area contributed by atoms with E-state index in [2.05, 4.69) is 5.32 Å². The second-order valence-corrected chi connectivity index (χ2v) is 6.41. The van der Waals surface area contributed by atoms with Crippen LogP contribution in [0.1, 0.15) is 27.5 Å². The lowest BCUT2D eigenvalue weighted by atomic mass is 10.0. The Morgan fingerprint density at radius 3 is 2.69 bits per heavy atom. The molecule has 3 rings (SSSR count). The van der Waals surface area contributed by atoms with Gasteiger partial charge in [-0.25, -0.2) is 0 Å². The van der Waals surface area contributed by atoms with Gasteiger partial charge in [-0.05, 0) is 30.7 Å². The largest absolute Gasteiger partial charge is 0.329 e. The van der Waals surface area contributed by atoms with E-state index in [-0.39, 0.29) is 30.0 Å². The molecule has 0 radical (unpaired) electrons. The normalized spacial score (nSPS) is 16.7. The van der Waals surface area contributed by atoms with E-state index in [1.54, 1.807) is 17.9 Å². The first kappa shape index (κ1) is 20.2. The molecule has 2 aromatic carbocycles. The van der Waals surface area contributed by atoms with E-state index >= 15 is 0 Å². The molecular formula is C18H19Cl2N3O3. The maximum Gasteiger partial charge on any atom is 0.272 e. The topological polar surface area (TPSA) is 75.5 Å². The van der Waals surface area contributed by atoms with Crippen molar-refractivity contribution in [3.05, 3.63) is 74.3 Å². The van der Waals surface area contributed by atoms with Crippen LogP contribution in [-0.2, 0) is 0 Å². The highest BCUT2D eigenvalue weighted by Gasteiger charge is 2.30. The number of carbonyl (C=O) groups is 1. The molecule has 1 N–H and O–H groups in total. The molecular weight excluding hydrogens is 377 g/mol. The van der Waals surface area contributed by atoms with Crippen molar-refractivity contribution >= 4 is 35.6 Å². The van der Waals surface area contributed by atoms with Gasteiger partial charge >= 0.3 is 0 Å². The fraction of sp³-hybridized carbons (Fsp3) is 0.278. The molecule has 1 amide bonds. The Morgan fingerprint density at radius 1 is 1.31 bits per heavy atom. The molecule has 6 nitrogen and oxygen atoms in total. The zero-order valence-corrected chi connectivity index (χ0v) is 15.7. The number of nitro groups is 1. The van der Waals surface area contributed by atoms with E-state index in [1.165, 1.54) is 12.1 Å². The van der Waals surface area contributed by atoms with E-state index in [1.807, 2.05) is 24.3 Å². The zero-order chi connectivity index (χ0) is 18.0. The summed E-state index contributed by atoms with van der Waals surface area (Å²) in [5, 5.41) is 14.9. The molecule has 1 fully saturated rings. The van der Waals surface area contributed by atoms with Gasteiger partial charge < -0.3 is 10.2 Å². The third kappa shape index (κ3) is 3.98. The first-order valence-electron chi connectivity index (χ1n) is 8.00. The van der Waals surface area contributed by atoms with Crippen LogP contribution in [-0.4, -0.2) is 35.4 Å². The van der Waals surface area contributed by atoms with Gasteiger partial charge in [-0.3, -0.25) is 14.9 Å². The van der Waals surface area contributed by atoms with Crippen molar-refractivity contribution in [3.63, 3.8) is 0 Å². The van der Waals surface area contributed by atoms with E-state index in [0.29, 0.717) is 35.8 Å². The van der Waals surface area contributed by atoms with E-state index in [0.717, 1.165) is 5.56 Å². The maximum absolute atomic E-state index is 13.0. The van der Waals surface area contributed by atoms with Gasteiger partial charge in [0.15, 0.2) is 0 Å². The van der Waals surface area contributed by atoms with Gasteiger partial charge in [0, 0.05) is 41.9 Å². The predicted molar refractivity (Wildman–Crippen MR) is 103 cm³/mol. The number of benzene rings is 2. The van der Waals surface area contributed by atoms with Crippen molar-refractivity contribution in [1.29, 1.82) is 0 Å². The highest BCUT2D eigenvalue weighted by molar-refractivity contribution is 6.31. The molecule has 1 unspecified atom stereocenters. The molecule has 0 bridgehead atoms. The van der Waals surface area contributed by atoms with Crippen LogP contribution in [0.3, 0.4) is 0 Å². The van der Waals surface area contributed by atoms with E-state index < -0.39 is 4.92 Å². The monoisotopic (exact) mass is 395 g/mol. The van der Waals surface area contributed by atoms with E-state index in [4.69, 9.17) is 11.6 Å². The van der Waals surface area contributed by atoms with Gasteiger partial charge in [-0.2, -0.15) is 0 Å². The van der Waals surface area contributed by atoms with Gasteiger partial charge in [0.05, 0.1) is 11.0 Å². The van der Waals surface area contributed by atoms with Gasteiger partial charge in [0.2, 0.25) is 0 Å². The average molecular weight is 396 g/mol. The van der Waals surface area contributed by atoms with Gasteiger partial charge in [0.25, 0.3) is 11.6 Å². The molecule has 1 aliphatic rings. The molecule has 0 aromatic heterocycles. The Morgan fingerprint density at radius 2 is 2.04 bits per heavy atom. The number of carbonyl (C=O) groups excluding carboxylic acids is 1. The summed E-state index contributed by atoms with van der Waals surface area (Å²) in [5.74, 6) is -0.149. The molecule has 8 heteroatoms. The molecule has 0 spiro atoms. The van der Waals surface area contributed by atoms with E-state index in [9.17, 15) is 14.9 Å². The molecule has 1 saturated heterocycles. The number of aryl methyl sites for hydroxylation is 1. The minimum absolute atomic E-state index is 0. The summed E-state index contributed by atoms with van der Waals surface area (Å²) >= 11 is 6.31. The van der Waals surface area contributed by atoms with Crippen molar-refractivity contribution in [2.24, 2.45) is 0 Å². The SMILES string of the molecule is Cc1cc(C(=O)N2CCNCC2c2ccccc2Cl)ccc1[N+](=O)[O-].Cl. The Labute approximate surface area is 162 Å². The first-order valence-corrected chi connectivity index (χ1v) is 8.38. The number of hydrogen-bond acceptors (Lipinski definition) is 4. The molecule has 26 heavy (non-hydrogen) atoms. The highest BCUT2D eigenvalue weighted by Crippen LogP contribution is 2.30. The minimum atomic E-state index is -0.444. The molecule has 0 aliphatic carbocycles. The summed E-state index contributed by atoms with van der Waals surface area (Å²) < 4.78 is 0. The highest BCUT2D eigenvalue weighted by atomic mass is 35.5. The molecule has 1 atom stereocenters. The lowest BCUT2D eigenvalue weighted by Gasteiger charge is -2.37. The van der Waals surface area contributed by atoms with Gasteiger partial charge in [0.1, 0.15) is 0 Å². The number of rotatable bonds is 3. The van der Waals surface area contributed by atoms with Crippen molar-refractivity contribution in [3.8, 4) is 0 Å². The fourth-order valence-corrected chi connectivity index (χ4v) is 3.39. The average Bonchev–Trinajstić information content (AvgIpc) is 2.61. The van der Waals surface area contributed by atoms with Crippen LogP contribution < -0.4 is 5.32 Å². The predicted octanol–water partition coefficient (Wildman–Crippen LogP) is 3.77. The number of nitro benzene ring substituents is 1. The van der Waals surface area contributed by atoms with Crippen LogP contribution >= 0.6 is 24.0 Å². The fourth-order valence-electron chi connectivity index (χ4n) is 3.13. The third-order valence-electron chi connectivity index (χ3n) is 4.41. The number of halogens is 2. The van der Waals surface area contributed by atoms with Crippen molar-refractivity contribution in [1.82, 2.24) is 10.2 Å².